The van der Waals surface area contributed by atoms with E-state index in [0.717, 1.165) is 38.8 Å². The van der Waals surface area contributed by atoms with Crippen LogP contribution in [0.4, 0.5) is 0 Å². The summed E-state index contributed by atoms with van der Waals surface area (Å²) < 4.78 is 0. The standard InChI is InChI=1S/C9H16N2O.ClH/c1-2-8-7-9(12-11-8)3-5-10-6-4-9;/h10H,2-7H2,1H3;1H. The Labute approximate surface area is 85.3 Å². The third kappa shape index (κ3) is 2.15. The summed E-state index contributed by atoms with van der Waals surface area (Å²) in [6.07, 6.45) is 4.32. The van der Waals surface area contributed by atoms with Crippen LogP contribution >= 0.6 is 12.4 Å². The molecule has 0 radical (unpaired) electrons. The van der Waals surface area contributed by atoms with Crippen molar-refractivity contribution in [2.75, 3.05) is 13.1 Å². The van der Waals surface area contributed by atoms with Gasteiger partial charge in [-0.2, -0.15) is 0 Å². The lowest BCUT2D eigenvalue weighted by Crippen LogP contribution is -2.41. The Hall–Kier alpha value is -0.280. The van der Waals surface area contributed by atoms with Crippen LogP contribution in [0.15, 0.2) is 5.16 Å². The van der Waals surface area contributed by atoms with Gasteiger partial charge < -0.3 is 10.2 Å². The highest BCUT2D eigenvalue weighted by molar-refractivity contribution is 5.86. The average Bonchev–Trinajstić information content (AvgIpc) is 2.50. The van der Waals surface area contributed by atoms with E-state index in [-0.39, 0.29) is 18.0 Å². The third-order valence-corrected chi connectivity index (χ3v) is 2.82. The van der Waals surface area contributed by atoms with Crippen molar-refractivity contribution in [1.29, 1.82) is 0 Å². The first-order valence-corrected chi connectivity index (χ1v) is 4.79. The molecule has 2 rings (SSSR count). The fourth-order valence-electron chi connectivity index (χ4n) is 1.94. The fourth-order valence-corrected chi connectivity index (χ4v) is 1.94. The SMILES string of the molecule is CCC1=NOC2(CCNCC2)C1.Cl. The van der Waals surface area contributed by atoms with Gasteiger partial charge in [0.05, 0.1) is 5.71 Å². The summed E-state index contributed by atoms with van der Waals surface area (Å²) in [5, 5.41) is 7.46. The molecule has 1 saturated heterocycles. The second kappa shape index (κ2) is 4.29. The highest BCUT2D eigenvalue weighted by Gasteiger charge is 2.39. The molecule has 2 heterocycles. The molecule has 0 aliphatic carbocycles. The maximum absolute atomic E-state index is 5.53. The Bertz CT molecular complexity index is 200. The minimum atomic E-state index is 0. The summed E-state index contributed by atoms with van der Waals surface area (Å²) in [6.45, 7) is 4.29. The molecule has 76 valence electrons. The molecule has 0 aromatic rings. The zero-order chi connectivity index (χ0) is 8.44. The first-order chi connectivity index (χ1) is 5.85. The van der Waals surface area contributed by atoms with Crippen molar-refractivity contribution in [2.24, 2.45) is 5.16 Å². The van der Waals surface area contributed by atoms with Crippen LogP contribution in [0.1, 0.15) is 32.6 Å². The summed E-state index contributed by atoms with van der Waals surface area (Å²) in [7, 11) is 0. The number of nitrogens with one attached hydrogen (secondary N) is 1. The van der Waals surface area contributed by atoms with Gasteiger partial charge in [0.25, 0.3) is 0 Å². The summed E-state index contributed by atoms with van der Waals surface area (Å²) in [5.41, 5.74) is 1.31. The highest BCUT2D eigenvalue weighted by Crippen LogP contribution is 2.32. The number of hydrogen-bond acceptors (Lipinski definition) is 3. The zero-order valence-corrected chi connectivity index (χ0v) is 8.82. The Morgan fingerprint density at radius 1 is 1.46 bits per heavy atom. The van der Waals surface area contributed by atoms with Gasteiger partial charge in [0.1, 0.15) is 5.60 Å². The molecule has 2 aliphatic heterocycles. The van der Waals surface area contributed by atoms with Crippen LogP contribution in [-0.2, 0) is 4.84 Å². The topological polar surface area (TPSA) is 33.6 Å². The summed E-state index contributed by atoms with van der Waals surface area (Å²) in [4.78, 5) is 5.53. The van der Waals surface area contributed by atoms with Crippen molar-refractivity contribution in [3.05, 3.63) is 0 Å². The van der Waals surface area contributed by atoms with E-state index in [1.54, 1.807) is 0 Å². The smallest absolute Gasteiger partial charge is 0.145 e. The lowest BCUT2D eigenvalue weighted by Gasteiger charge is -2.30. The van der Waals surface area contributed by atoms with Crippen molar-refractivity contribution < 1.29 is 4.84 Å². The monoisotopic (exact) mass is 204 g/mol. The van der Waals surface area contributed by atoms with Gasteiger partial charge in [-0.25, -0.2) is 0 Å². The molecule has 0 atom stereocenters. The molecule has 0 unspecified atom stereocenters. The molecule has 0 saturated carbocycles. The number of nitrogens with zero attached hydrogens (tertiary/aromatic N) is 1. The van der Waals surface area contributed by atoms with Gasteiger partial charge in [-0.05, 0) is 19.5 Å². The predicted molar refractivity (Wildman–Crippen MR) is 55.5 cm³/mol. The van der Waals surface area contributed by atoms with Gasteiger partial charge in [0, 0.05) is 19.3 Å². The van der Waals surface area contributed by atoms with Crippen LogP contribution in [0.2, 0.25) is 0 Å². The summed E-state index contributed by atoms with van der Waals surface area (Å²) in [5.74, 6) is 0. The normalized spacial score (nSPS) is 24.8. The second-order valence-corrected chi connectivity index (χ2v) is 3.71. The van der Waals surface area contributed by atoms with Gasteiger partial charge in [-0.15, -0.1) is 12.4 Å². The molecule has 1 spiro atoms. The molecular formula is C9H17ClN2O. The number of halogens is 1. The van der Waals surface area contributed by atoms with E-state index in [0.29, 0.717) is 0 Å². The van der Waals surface area contributed by atoms with Gasteiger partial charge in [0.15, 0.2) is 0 Å². The number of hydrogen-bond donors (Lipinski definition) is 1. The molecule has 3 nitrogen and oxygen atoms in total. The van der Waals surface area contributed by atoms with E-state index in [4.69, 9.17) is 4.84 Å². The van der Waals surface area contributed by atoms with Crippen molar-refractivity contribution in [1.82, 2.24) is 5.32 Å². The van der Waals surface area contributed by atoms with E-state index >= 15 is 0 Å². The Morgan fingerprint density at radius 3 is 2.69 bits per heavy atom. The Kier molecular flexibility index (Phi) is 3.56. The largest absolute Gasteiger partial charge is 0.389 e. The highest BCUT2D eigenvalue weighted by atomic mass is 35.5. The lowest BCUT2D eigenvalue weighted by molar-refractivity contribution is -0.0400. The van der Waals surface area contributed by atoms with Crippen LogP contribution in [0.5, 0.6) is 0 Å². The van der Waals surface area contributed by atoms with E-state index in [2.05, 4.69) is 17.4 Å². The van der Waals surface area contributed by atoms with E-state index in [1.165, 1.54) is 5.71 Å². The van der Waals surface area contributed by atoms with Gasteiger partial charge in [-0.1, -0.05) is 12.1 Å². The zero-order valence-electron chi connectivity index (χ0n) is 8.01. The number of oxime groups is 1. The van der Waals surface area contributed by atoms with Crippen LogP contribution in [0.3, 0.4) is 0 Å². The van der Waals surface area contributed by atoms with Crippen LogP contribution in [0.25, 0.3) is 0 Å². The van der Waals surface area contributed by atoms with Crippen molar-refractivity contribution in [3.63, 3.8) is 0 Å². The summed E-state index contributed by atoms with van der Waals surface area (Å²) >= 11 is 0. The van der Waals surface area contributed by atoms with Gasteiger partial charge in [-0.3, -0.25) is 0 Å². The maximum Gasteiger partial charge on any atom is 0.145 e. The molecule has 0 aromatic carbocycles. The number of piperidine rings is 1. The van der Waals surface area contributed by atoms with Crippen LogP contribution < -0.4 is 5.32 Å². The molecule has 1 fully saturated rings. The molecule has 1 N–H and O–H groups in total. The molecule has 0 amide bonds. The number of rotatable bonds is 1. The lowest BCUT2D eigenvalue weighted by atomic mass is 9.87. The van der Waals surface area contributed by atoms with Crippen molar-refractivity contribution >= 4 is 18.1 Å². The van der Waals surface area contributed by atoms with Crippen molar-refractivity contribution in [2.45, 2.75) is 38.2 Å². The fraction of sp³-hybridized carbons (Fsp3) is 0.889. The molecule has 4 heteroatoms. The minimum absolute atomic E-state index is 0. The molecular weight excluding hydrogens is 188 g/mol. The minimum Gasteiger partial charge on any atom is -0.389 e. The molecule has 0 aromatic heterocycles. The second-order valence-electron chi connectivity index (χ2n) is 3.71. The van der Waals surface area contributed by atoms with E-state index in [9.17, 15) is 0 Å². The van der Waals surface area contributed by atoms with Crippen LogP contribution in [0, 0.1) is 0 Å². The molecule has 13 heavy (non-hydrogen) atoms. The maximum atomic E-state index is 5.53. The summed E-state index contributed by atoms with van der Waals surface area (Å²) in [6, 6.07) is 0. The van der Waals surface area contributed by atoms with Gasteiger partial charge in [0.2, 0.25) is 0 Å². The Morgan fingerprint density at radius 2 is 2.15 bits per heavy atom. The Balaban J connectivity index is 0.000000845. The van der Waals surface area contributed by atoms with Crippen molar-refractivity contribution in [3.8, 4) is 0 Å². The first-order valence-electron chi connectivity index (χ1n) is 4.79. The predicted octanol–water partition coefficient (Wildman–Crippen LogP) is 1.72. The van der Waals surface area contributed by atoms with E-state index < -0.39 is 0 Å². The first kappa shape index (κ1) is 10.8. The quantitative estimate of drug-likeness (QED) is 0.706. The third-order valence-electron chi connectivity index (χ3n) is 2.82. The van der Waals surface area contributed by atoms with Gasteiger partial charge >= 0.3 is 0 Å². The molecule has 2 aliphatic rings. The van der Waals surface area contributed by atoms with Crippen LogP contribution in [-0.4, -0.2) is 24.4 Å². The average molecular weight is 205 g/mol. The van der Waals surface area contributed by atoms with E-state index in [1.807, 2.05) is 0 Å². The molecule has 0 bridgehead atoms.